The molecule has 2 N–H and O–H groups in total. The molecule has 1 aromatic rings. The highest BCUT2D eigenvalue weighted by molar-refractivity contribution is 5.93. The number of carboxylic acid groups (broad SMARTS) is 1. The second-order valence-corrected chi connectivity index (χ2v) is 4.50. The summed E-state index contributed by atoms with van der Waals surface area (Å²) in [5.74, 6) is -0.911. The lowest BCUT2D eigenvalue weighted by molar-refractivity contribution is 0.0697. The highest BCUT2D eigenvalue weighted by Crippen LogP contribution is 2.18. The van der Waals surface area contributed by atoms with E-state index in [1.165, 1.54) is 12.3 Å². The highest BCUT2D eigenvalue weighted by atomic mass is 16.4. The third kappa shape index (κ3) is 4.35. The summed E-state index contributed by atoms with van der Waals surface area (Å²) >= 11 is 0. The molecule has 4 heteroatoms. The van der Waals surface area contributed by atoms with Gasteiger partial charge in [0.25, 0.3) is 0 Å². The number of pyridine rings is 1. The minimum Gasteiger partial charge on any atom is -0.478 e. The van der Waals surface area contributed by atoms with Gasteiger partial charge in [0.1, 0.15) is 0 Å². The second-order valence-electron chi connectivity index (χ2n) is 4.50. The molecule has 18 heavy (non-hydrogen) atoms. The summed E-state index contributed by atoms with van der Waals surface area (Å²) in [5, 5.41) is 12.4. The van der Waals surface area contributed by atoms with Crippen molar-refractivity contribution in [2.24, 2.45) is 0 Å². The maximum Gasteiger partial charge on any atom is 0.337 e. The summed E-state index contributed by atoms with van der Waals surface area (Å²) in [5.41, 5.74) is 0.919. The minimum absolute atomic E-state index is 0.294. The van der Waals surface area contributed by atoms with E-state index in [0.29, 0.717) is 17.3 Å². The van der Waals surface area contributed by atoms with Crippen molar-refractivity contribution in [1.82, 2.24) is 4.98 Å². The van der Waals surface area contributed by atoms with Gasteiger partial charge < -0.3 is 10.4 Å². The molecule has 0 aliphatic rings. The number of carbonyl (C=O) groups is 1. The molecule has 0 aliphatic carbocycles. The Hall–Kier alpha value is -1.58. The van der Waals surface area contributed by atoms with Crippen LogP contribution in [0.3, 0.4) is 0 Å². The lowest BCUT2D eigenvalue weighted by Gasteiger charge is -2.20. The van der Waals surface area contributed by atoms with Gasteiger partial charge in [-0.1, -0.05) is 33.1 Å². The van der Waals surface area contributed by atoms with E-state index < -0.39 is 5.97 Å². The monoisotopic (exact) mass is 250 g/mol. The van der Waals surface area contributed by atoms with E-state index in [4.69, 9.17) is 5.11 Å². The van der Waals surface area contributed by atoms with Gasteiger partial charge in [0.2, 0.25) is 0 Å². The van der Waals surface area contributed by atoms with Crippen LogP contribution in [-0.2, 0) is 0 Å². The van der Waals surface area contributed by atoms with Crippen LogP contribution < -0.4 is 5.32 Å². The van der Waals surface area contributed by atoms with Crippen molar-refractivity contribution >= 4 is 11.7 Å². The van der Waals surface area contributed by atoms with Crippen molar-refractivity contribution in [3.05, 3.63) is 24.0 Å². The number of anilines is 1. The Morgan fingerprint density at radius 1 is 1.39 bits per heavy atom. The molecule has 1 atom stereocenters. The van der Waals surface area contributed by atoms with E-state index in [2.05, 4.69) is 24.1 Å². The number of unbranched alkanes of at least 4 members (excludes halogenated alkanes) is 1. The highest BCUT2D eigenvalue weighted by Gasteiger charge is 2.13. The van der Waals surface area contributed by atoms with Gasteiger partial charge in [-0.05, 0) is 18.9 Å². The van der Waals surface area contributed by atoms with Crippen molar-refractivity contribution in [1.29, 1.82) is 0 Å². The molecule has 1 aromatic heterocycles. The zero-order valence-electron chi connectivity index (χ0n) is 11.1. The molecular weight excluding hydrogens is 228 g/mol. The molecule has 0 saturated carbocycles. The molecule has 0 bridgehead atoms. The van der Waals surface area contributed by atoms with Crippen LogP contribution in [0.25, 0.3) is 0 Å². The van der Waals surface area contributed by atoms with Crippen molar-refractivity contribution in [2.75, 3.05) is 5.32 Å². The van der Waals surface area contributed by atoms with E-state index in [1.807, 2.05) is 0 Å². The Labute approximate surface area is 108 Å². The van der Waals surface area contributed by atoms with Crippen molar-refractivity contribution in [3.63, 3.8) is 0 Å². The van der Waals surface area contributed by atoms with Gasteiger partial charge >= 0.3 is 5.97 Å². The number of rotatable bonds is 8. The molecule has 0 radical (unpaired) electrons. The number of carboxylic acids is 1. The standard InChI is InChI=1S/C14H22N2O2/c1-3-5-7-11(6-4-2)16-13-10-15-9-8-12(13)14(17)18/h8-11,16H,3-7H2,1-2H3,(H,17,18). The van der Waals surface area contributed by atoms with Crippen molar-refractivity contribution in [2.45, 2.75) is 52.0 Å². The van der Waals surface area contributed by atoms with Gasteiger partial charge in [0, 0.05) is 12.2 Å². The maximum absolute atomic E-state index is 11.1. The number of hydrogen-bond donors (Lipinski definition) is 2. The maximum atomic E-state index is 11.1. The Morgan fingerprint density at radius 2 is 2.17 bits per heavy atom. The quantitative estimate of drug-likeness (QED) is 0.740. The first-order chi connectivity index (χ1) is 8.69. The first-order valence-electron chi connectivity index (χ1n) is 6.62. The Balaban J connectivity index is 2.76. The largest absolute Gasteiger partial charge is 0.478 e. The summed E-state index contributed by atoms with van der Waals surface area (Å²) in [6.45, 7) is 4.30. The SMILES string of the molecule is CCCCC(CCC)Nc1cnccc1C(=O)O. The second kappa shape index (κ2) is 7.69. The minimum atomic E-state index is -0.911. The van der Waals surface area contributed by atoms with E-state index in [-0.39, 0.29) is 0 Å². The van der Waals surface area contributed by atoms with Gasteiger partial charge in [0.15, 0.2) is 0 Å². The number of nitrogens with zero attached hydrogens (tertiary/aromatic N) is 1. The topological polar surface area (TPSA) is 62.2 Å². The molecule has 1 heterocycles. The number of aromatic carboxylic acids is 1. The molecule has 4 nitrogen and oxygen atoms in total. The van der Waals surface area contributed by atoms with Crippen LogP contribution in [0.15, 0.2) is 18.5 Å². The van der Waals surface area contributed by atoms with Gasteiger partial charge in [-0.3, -0.25) is 4.98 Å². The molecule has 1 rings (SSSR count). The molecule has 0 aliphatic heterocycles. The third-order valence-corrected chi connectivity index (χ3v) is 2.95. The third-order valence-electron chi connectivity index (χ3n) is 2.95. The van der Waals surface area contributed by atoms with E-state index in [0.717, 1.165) is 32.1 Å². The lowest BCUT2D eigenvalue weighted by Crippen LogP contribution is -2.21. The van der Waals surface area contributed by atoms with Gasteiger partial charge in [-0.25, -0.2) is 4.79 Å². The molecule has 100 valence electrons. The molecule has 0 aromatic carbocycles. The van der Waals surface area contributed by atoms with Crippen molar-refractivity contribution < 1.29 is 9.90 Å². The van der Waals surface area contributed by atoms with Crippen LogP contribution in [-0.4, -0.2) is 22.1 Å². The fourth-order valence-electron chi connectivity index (χ4n) is 2.00. The summed E-state index contributed by atoms with van der Waals surface area (Å²) in [4.78, 5) is 15.1. The Bertz CT molecular complexity index is 380. The number of aromatic nitrogens is 1. The average Bonchev–Trinajstić information content (AvgIpc) is 2.36. The first kappa shape index (κ1) is 14.5. The summed E-state index contributed by atoms with van der Waals surface area (Å²) in [6, 6.07) is 1.87. The molecule has 1 unspecified atom stereocenters. The predicted molar refractivity (Wildman–Crippen MR) is 73.0 cm³/mol. The summed E-state index contributed by atoms with van der Waals surface area (Å²) < 4.78 is 0. The van der Waals surface area contributed by atoms with Gasteiger partial charge in [-0.15, -0.1) is 0 Å². The van der Waals surface area contributed by atoms with Crippen LogP contribution in [0.1, 0.15) is 56.3 Å². The van der Waals surface area contributed by atoms with E-state index in [9.17, 15) is 4.79 Å². The predicted octanol–water partition coefficient (Wildman–Crippen LogP) is 3.55. The smallest absolute Gasteiger partial charge is 0.337 e. The first-order valence-corrected chi connectivity index (χ1v) is 6.62. The normalized spacial score (nSPS) is 12.1. The number of nitrogens with one attached hydrogen (secondary N) is 1. The molecule has 0 fully saturated rings. The van der Waals surface area contributed by atoms with Crippen LogP contribution in [0.2, 0.25) is 0 Å². The molecule has 0 saturated heterocycles. The van der Waals surface area contributed by atoms with Crippen LogP contribution in [0.5, 0.6) is 0 Å². The fraction of sp³-hybridized carbons (Fsp3) is 0.571. The van der Waals surface area contributed by atoms with Crippen molar-refractivity contribution in [3.8, 4) is 0 Å². The molecule has 0 spiro atoms. The summed E-state index contributed by atoms with van der Waals surface area (Å²) in [6.07, 6.45) is 8.62. The Morgan fingerprint density at radius 3 is 2.78 bits per heavy atom. The van der Waals surface area contributed by atoms with Crippen LogP contribution in [0, 0.1) is 0 Å². The Kier molecular flexibility index (Phi) is 6.19. The fourth-order valence-corrected chi connectivity index (χ4v) is 2.00. The summed E-state index contributed by atoms with van der Waals surface area (Å²) in [7, 11) is 0. The molecular formula is C14H22N2O2. The zero-order chi connectivity index (χ0) is 13.4. The van der Waals surface area contributed by atoms with E-state index >= 15 is 0 Å². The van der Waals surface area contributed by atoms with Gasteiger partial charge in [0.05, 0.1) is 17.4 Å². The lowest BCUT2D eigenvalue weighted by atomic mass is 10.0. The zero-order valence-corrected chi connectivity index (χ0v) is 11.1. The van der Waals surface area contributed by atoms with E-state index in [1.54, 1.807) is 6.20 Å². The van der Waals surface area contributed by atoms with Gasteiger partial charge in [-0.2, -0.15) is 0 Å². The van der Waals surface area contributed by atoms with Crippen LogP contribution >= 0.6 is 0 Å². The average molecular weight is 250 g/mol. The van der Waals surface area contributed by atoms with Crippen LogP contribution in [0.4, 0.5) is 5.69 Å². The number of hydrogen-bond acceptors (Lipinski definition) is 3. The molecule has 0 amide bonds.